The molecule has 0 aliphatic heterocycles. The van der Waals surface area contributed by atoms with Crippen LogP contribution in [0.4, 0.5) is 10.1 Å². The fourth-order valence-electron chi connectivity index (χ4n) is 3.08. The van der Waals surface area contributed by atoms with Gasteiger partial charge >= 0.3 is 0 Å². The number of allylic oxidation sites excluding steroid dienone is 1. The van der Waals surface area contributed by atoms with Gasteiger partial charge in [-0.05, 0) is 60.7 Å². The van der Waals surface area contributed by atoms with Crippen molar-refractivity contribution in [3.8, 4) is 22.7 Å². The average Bonchev–Trinajstić information content (AvgIpc) is 3.27. The number of hydrogen-bond donors (Lipinski definition) is 1. The quantitative estimate of drug-likeness (QED) is 0.321. The first kappa shape index (κ1) is 20.1. The van der Waals surface area contributed by atoms with Crippen LogP contribution < -0.4 is 10.1 Å². The maximum absolute atomic E-state index is 13.0. The highest BCUT2D eigenvalue weighted by atomic mass is 19.1. The van der Waals surface area contributed by atoms with Gasteiger partial charge in [0.1, 0.15) is 17.3 Å². The van der Waals surface area contributed by atoms with Crippen molar-refractivity contribution in [2.75, 3.05) is 12.4 Å². The maximum atomic E-state index is 13.0. The van der Waals surface area contributed by atoms with Crippen LogP contribution in [-0.2, 0) is 0 Å². The summed E-state index contributed by atoms with van der Waals surface area (Å²) in [7, 11) is 1.60. The van der Waals surface area contributed by atoms with Gasteiger partial charge < -0.3 is 10.1 Å². The lowest BCUT2D eigenvalue weighted by atomic mass is 10.1. The predicted octanol–water partition coefficient (Wildman–Crippen LogP) is 5.50. The van der Waals surface area contributed by atoms with Gasteiger partial charge in [-0.15, -0.1) is 0 Å². The van der Waals surface area contributed by atoms with Gasteiger partial charge in [0.2, 0.25) is 0 Å². The summed E-state index contributed by atoms with van der Waals surface area (Å²) in [6, 6.07) is 22.9. The molecule has 0 saturated carbocycles. The van der Waals surface area contributed by atoms with Gasteiger partial charge in [-0.3, -0.25) is 4.79 Å². The SMILES string of the molecule is COc1ccc(-c2nn(-c3ccccc3)cc2C(=O)/C=C\Nc2ccc(F)cc2)cc1. The van der Waals surface area contributed by atoms with E-state index in [9.17, 15) is 9.18 Å². The Morgan fingerprint density at radius 2 is 1.71 bits per heavy atom. The van der Waals surface area contributed by atoms with Crippen LogP contribution in [0.5, 0.6) is 5.75 Å². The minimum Gasteiger partial charge on any atom is -0.497 e. The van der Waals surface area contributed by atoms with E-state index in [-0.39, 0.29) is 11.6 Å². The molecule has 6 heteroatoms. The van der Waals surface area contributed by atoms with Crippen molar-refractivity contribution in [1.29, 1.82) is 0 Å². The Bertz CT molecular complexity index is 1200. The molecule has 1 aromatic heterocycles. The molecule has 0 fully saturated rings. The van der Waals surface area contributed by atoms with Crippen LogP contribution in [0.3, 0.4) is 0 Å². The molecule has 0 bridgehead atoms. The standard InChI is InChI=1S/C25H20FN3O2/c1-31-22-13-7-18(8-14-22)25-23(17-29(28-25)21-5-3-2-4-6-21)24(30)15-16-27-20-11-9-19(26)10-12-20/h2-17,27H,1H3/b16-15-. The Hall–Kier alpha value is -4.19. The summed E-state index contributed by atoms with van der Waals surface area (Å²) in [6.07, 6.45) is 4.69. The van der Waals surface area contributed by atoms with Crippen LogP contribution in [0.25, 0.3) is 16.9 Å². The first-order valence-corrected chi connectivity index (χ1v) is 9.66. The number of aromatic nitrogens is 2. The molecule has 0 atom stereocenters. The number of anilines is 1. The fraction of sp³-hybridized carbons (Fsp3) is 0.0400. The number of halogens is 1. The Labute approximate surface area is 179 Å². The van der Waals surface area contributed by atoms with Crippen LogP contribution in [0.2, 0.25) is 0 Å². The molecular weight excluding hydrogens is 393 g/mol. The van der Waals surface area contributed by atoms with Gasteiger partial charge in [-0.2, -0.15) is 5.10 Å². The number of methoxy groups -OCH3 is 1. The number of hydrogen-bond acceptors (Lipinski definition) is 4. The number of carbonyl (C=O) groups is 1. The lowest BCUT2D eigenvalue weighted by molar-refractivity contribution is 0.104. The van der Waals surface area contributed by atoms with Crippen LogP contribution in [-0.4, -0.2) is 22.7 Å². The normalized spacial score (nSPS) is 10.9. The molecule has 0 unspecified atom stereocenters. The molecule has 4 aromatic rings. The summed E-state index contributed by atoms with van der Waals surface area (Å²) < 4.78 is 19.9. The number of nitrogens with zero attached hydrogens (tertiary/aromatic N) is 2. The van der Waals surface area contributed by atoms with Gasteiger partial charge in [-0.1, -0.05) is 18.2 Å². The molecule has 0 spiro atoms. The highest BCUT2D eigenvalue weighted by Gasteiger charge is 2.17. The van der Waals surface area contributed by atoms with Crippen LogP contribution in [0.1, 0.15) is 10.4 Å². The van der Waals surface area contributed by atoms with Crippen molar-refractivity contribution in [3.63, 3.8) is 0 Å². The van der Waals surface area contributed by atoms with Crippen LogP contribution in [0, 0.1) is 5.82 Å². The van der Waals surface area contributed by atoms with E-state index in [1.165, 1.54) is 24.4 Å². The number of nitrogens with one attached hydrogen (secondary N) is 1. The zero-order valence-electron chi connectivity index (χ0n) is 16.8. The molecule has 3 aromatic carbocycles. The van der Waals surface area contributed by atoms with E-state index in [4.69, 9.17) is 4.74 Å². The third-order valence-electron chi connectivity index (χ3n) is 4.69. The van der Waals surface area contributed by atoms with E-state index in [1.807, 2.05) is 54.6 Å². The molecule has 0 aliphatic carbocycles. The zero-order chi connectivity index (χ0) is 21.6. The lowest BCUT2D eigenvalue weighted by Gasteiger charge is -2.03. The molecule has 31 heavy (non-hydrogen) atoms. The van der Waals surface area contributed by atoms with Gasteiger partial charge in [-0.25, -0.2) is 9.07 Å². The molecule has 1 heterocycles. The number of carbonyl (C=O) groups excluding carboxylic acids is 1. The maximum Gasteiger partial charge on any atom is 0.191 e. The molecular formula is C25H20FN3O2. The van der Waals surface area contributed by atoms with Gasteiger partial charge in [0.15, 0.2) is 5.78 Å². The minimum atomic E-state index is -0.317. The third-order valence-corrected chi connectivity index (χ3v) is 4.69. The number of para-hydroxylation sites is 1. The summed E-state index contributed by atoms with van der Waals surface area (Å²) in [4.78, 5) is 13.0. The number of benzene rings is 3. The second kappa shape index (κ2) is 9.09. The summed E-state index contributed by atoms with van der Waals surface area (Å²) >= 11 is 0. The molecule has 154 valence electrons. The number of rotatable bonds is 7. The molecule has 1 N–H and O–H groups in total. The summed E-state index contributed by atoms with van der Waals surface area (Å²) in [5, 5.41) is 7.64. The first-order valence-electron chi connectivity index (χ1n) is 9.66. The van der Waals surface area contributed by atoms with Crippen molar-refractivity contribution in [2.24, 2.45) is 0 Å². The van der Waals surface area contributed by atoms with Crippen molar-refractivity contribution in [3.05, 3.63) is 109 Å². The Balaban J connectivity index is 1.65. The lowest BCUT2D eigenvalue weighted by Crippen LogP contribution is -1.97. The molecule has 0 saturated heterocycles. The summed E-state index contributed by atoms with van der Waals surface area (Å²) in [5.74, 6) is 0.202. The second-order valence-electron chi connectivity index (χ2n) is 6.75. The average molecular weight is 413 g/mol. The largest absolute Gasteiger partial charge is 0.497 e. The van der Waals surface area contributed by atoms with Gasteiger partial charge in [0, 0.05) is 29.7 Å². The summed E-state index contributed by atoms with van der Waals surface area (Å²) in [6.45, 7) is 0. The first-order chi connectivity index (χ1) is 15.1. The highest BCUT2D eigenvalue weighted by Crippen LogP contribution is 2.26. The molecule has 4 rings (SSSR count). The van der Waals surface area contributed by atoms with Crippen LogP contribution >= 0.6 is 0 Å². The van der Waals surface area contributed by atoms with Gasteiger partial charge in [0.25, 0.3) is 0 Å². The van der Waals surface area contributed by atoms with E-state index in [1.54, 1.807) is 30.1 Å². The van der Waals surface area contributed by atoms with Gasteiger partial charge in [0.05, 0.1) is 18.4 Å². The van der Waals surface area contributed by atoms with Crippen molar-refractivity contribution in [2.45, 2.75) is 0 Å². The van der Waals surface area contributed by atoms with E-state index >= 15 is 0 Å². The smallest absolute Gasteiger partial charge is 0.191 e. The van der Waals surface area contributed by atoms with Crippen molar-refractivity contribution >= 4 is 11.5 Å². The van der Waals surface area contributed by atoms with E-state index in [0.29, 0.717) is 16.9 Å². The zero-order valence-corrected chi connectivity index (χ0v) is 16.8. The van der Waals surface area contributed by atoms with Crippen molar-refractivity contribution in [1.82, 2.24) is 9.78 Å². The number of ether oxygens (including phenoxy) is 1. The van der Waals surface area contributed by atoms with E-state index < -0.39 is 0 Å². The minimum absolute atomic E-state index is 0.206. The molecule has 0 amide bonds. The van der Waals surface area contributed by atoms with E-state index in [0.717, 1.165) is 17.0 Å². The second-order valence-corrected chi connectivity index (χ2v) is 6.75. The van der Waals surface area contributed by atoms with Crippen molar-refractivity contribution < 1.29 is 13.9 Å². The monoisotopic (exact) mass is 413 g/mol. The van der Waals surface area contributed by atoms with E-state index in [2.05, 4.69) is 10.4 Å². The highest BCUT2D eigenvalue weighted by molar-refractivity contribution is 6.08. The number of ketones is 1. The summed E-state index contributed by atoms with van der Waals surface area (Å²) in [5.41, 5.74) is 3.37. The Morgan fingerprint density at radius 1 is 1.00 bits per heavy atom. The molecule has 5 nitrogen and oxygen atoms in total. The Kier molecular flexibility index (Phi) is 5.89. The molecule has 0 aliphatic rings. The topological polar surface area (TPSA) is 56.2 Å². The predicted molar refractivity (Wildman–Crippen MR) is 119 cm³/mol. The third kappa shape index (κ3) is 4.70. The fourth-order valence-corrected chi connectivity index (χ4v) is 3.08. The molecule has 0 radical (unpaired) electrons. The van der Waals surface area contributed by atoms with Crippen LogP contribution in [0.15, 0.2) is 97.3 Å². The Morgan fingerprint density at radius 3 is 2.39 bits per heavy atom.